The van der Waals surface area contributed by atoms with Crippen LogP contribution < -0.4 is 26.5 Å². The van der Waals surface area contributed by atoms with E-state index in [2.05, 4.69) is 10.3 Å². The summed E-state index contributed by atoms with van der Waals surface area (Å²) in [6.45, 7) is 1.99. The van der Waals surface area contributed by atoms with E-state index in [1.807, 2.05) is 0 Å². The molecular weight excluding hydrogens is 224 g/mol. The largest absolute Gasteiger partial charge is 0.488 e. The number of pyridine rings is 1. The number of hydrogen-bond donors (Lipinski definition) is 2. The molecule has 0 saturated carbocycles. The molecule has 0 amide bonds. The average molecular weight is 234 g/mol. The number of anilines is 2. The van der Waals surface area contributed by atoms with Gasteiger partial charge in [-0.3, -0.25) is 14.4 Å². The fourth-order valence-electron chi connectivity index (χ4n) is 1.42. The zero-order valence-corrected chi connectivity index (χ0v) is 9.07. The van der Waals surface area contributed by atoms with Crippen LogP contribution in [0.2, 0.25) is 0 Å². The van der Waals surface area contributed by atoms with Crippen molar-refractivity contribution < 1.29 is 4.74 Å². The molecule has 0 saturated heterocycles. The van der Waals surface area contributed by atoms with Crippen LogP contribution in [0, 0.1) is 0 Å². The van der Waals surface area contributed by atoms with Gasteiger partial charge >= 0.3 is 0 Å². The fraction of sp³-hybridized carbons (Fsp3) is 0.182. The van der Waals surface area contributed by atoms with E-state index in [-0.39, 0.29) is 29.3 Å². The van der Waals surface area contributed by atoms with Crippen LogP contribution in [-0.2, 0) is 0 Å². The molecule has 0 aliphatic carbocycles. The summed E-state index contributed by atoms with van der Waals surface area (Å²) < 4.78 is 5.02. The molecule has 17 heavy (non-hydrogen) atoms. The smallest absolute Gasteiger partial charge is 0.272 e. The lowest BCUT2D eigenvalue weighted by atomic mass is 10.2. The monoisotopic (exact) mass is 234 g/mol. The molecule has 1 aromatic carbocycles. The zero-order chi connectivity index (χ0) is 12.4. The summed E-state index contributed by atoms with van der Waals surface area (Å²) in [6.07, 6.45) is 1.47. The van der Waals surface area contributed by atoms with Gasteiger partial charge in [-0.2, -0.15) is 0 Å². The van der Waals surface area contributed by atoms with Crippen molar-refractivity contribution in [3.8, 4) is 5.75 Å². The Balaban J connectivity index is 2.35. The maximum Gasteiger partial charge on any atom is 0.272 e. The van der Waals surface area contributed by atoms with E-state index in [0.717, 1.165) is 0 Å². The molecule has 0 bridgehead atoms. The maximum absolute atomic E-state index is 11.4. The molecule has 2 N–H and O–H groups in total. The van der Waals surface area contributed by atoms with E-state index in [4.69, 9.17) is 4.74 Å². The van der Waals surface area contributed by atoms with Crippen LogP contribution in [0.25, 0.3) is 0 Å². The molecule has 0 radical (unpaired) electrons. The Morgan fingerprint density at radius 1 is 1.29 bits per heavy atom. The van der Waals surface area contributed by atoms with Gasteiger partial charge in [-0.1, -0.05) is 0 Å². The summed E-state index contributed by atoms with van der Waals surface area (Å²) >= 11 is 0. The molecule has 2 rings (SSSR count). The first-order valence-electron chi connectivity index (χ1n) is 5.06. The van der Waals surface area contributed by atoms with Crippen LogP contribution in [0.5, 0.6) is 5.75 Å². The number of H-pyrrole nitrogens is 1. The third kappa shape index (κ3) is 1.84. The normalized spacial score (nSPS) is 10.4. The zero-order valence-electron chi connectivity index (χ0n) is 9.07. The standard InChI is InChI=1S/C11H10N2O4/c1-2-17-10-7(8(14)9(10)15)13-6-4-3-5-12-11(6)16/h3-5,13H,2H2,1H3,(H,12,16). The quantitative estimate of drug-likeness (QED) is 0.733. The number of rotatable bonds is 4. The second-order valence-electron chi connectivity index (χ2n) is 3.33. The summed E-state index contributed by atoms with van der Waals surface area (Å²) in [5, 5.41) is 2.60. The van der Waals surface area contributed by atoms with Crippen LogP contribution in [0.1, 0.15) is 6.92 Å². The second-order valence-corrected chi connectivity index (χ2v) is 3.33. The summed E-state index contributed by atoms with van der Waals surface area (Å²) in [5.41, 5.74) is -1.48. The van der Waals surface area contributed by atoms with E-state index in [9.17, 15) is 14.4 Å². The predicted octanol–water partition coefficient (Wildman–Crippen LogP) is 0.113. The number of aromatic nitrogens is 1. The van der Waals surface area contributed by atoms with Crippen molar-refractivity contribution in [2.75, 3.05) is 11.9 Å². The highest BCUT2D eigenvalue weighted by Gasteiger charge is 2.22. The minimum Gasteiger partial charge on any atom is -0.488 e. The van der Waals surface area contributed by atoms with Crippen molar-refractivity contribution in [2.24, 2.45) is 0 Å². The average Bonchev–Trinajstić information content (AvgIpc) is 2.35. The highest BCUT2D eigenvalue weighted by molar-refractivity contribution is 5.69. The van der Waals surface area contributed by atoms with Crippen LogP contribution in [0.3, 0.4) is 0 Å². The summed E-state index contributed by atoms with van der Waals surface area (Å²) in [4.78, 5) is 36.3. The van der Waals surface area contributed by atoms with Gasteiger partial charge in [0.1, 0.15) is 11.4 Å². The van der Waals surface area contributed by atoms with Gasteiger partial charge in [-0.15, -0.1) is 0 Å². The van der Waals surface area contributed by atoms with Crippen molar-refractivity contribution in [3.63, 3.8) is 0 Å². The SMILES string of the molecule is CCOc1c(Nc2ccc[nH]c2=O)c(=O)c1=O. The lowest BCUT2D eigenvalue weighted by Gasteiger charge is -2.12. The van der Waals surface area contributed by atoms with Crippen LogP contribution in [-0.4, -0.2) is 11.6 Å². The Labute approximate surface area is 95.6 Å². The van der Waals surface area contributed by atoms with Gasteiger partial charge in [-0.25, -0.2) is 0 Å². The molecule has 88 valence electrons. The molecule has 0 fully saturated rings. The van der Waals surface area contributed by atoms with Crippen LogP contribution in [0.15, 0.2) is 32.7 Å². The molecule has 0 atom stereocenters. The maximum atomic E-state index is 11.4. The first kappa shape index (κ1) is 11.1. The fourth-order valence-corrected chi connectivity index (χ4v) is 1.42. The van der Waals surface area contributed by atoms with Gasteiger partial charge in [0, 0.05) is 6.20 Å². The van der Waals surface area contributed by atoms with E-state index in [1.54, 1.807) is 13.0 Å². The summed E-state index contributed by atoms with van der Waals surface area (Å²) in [7, 11) is 0. The molecule has 6 nitrogen and oxygen atoms in total. The lowest BCUT2D eigenvalue weighted by molar-refractivity contribution is 0.335. The van der Waals surface area contributed by atoms with Crippen molar-refractivity contribution in [1.29, 1.82) is 0 Å². The van der Waals surface area contributed by atoms with Crippen LogP contribution >= 0.6 is 0 Å². The van der Waals surface area contributed by atoms with E-state index in [0.29, 0.717) is 0 Å². The Hall–Kier alpha value is -2.37. The molecular formula is C11H10N2O4. The van der Waals surface area contributed by atoms with Gasteiger partial charge in [0.15, 0.2) is 5.75 Å². The molecule has 1 aromatic heterocycles. The van der Waals surface area contributed by atoms with Crippen molar-refractivity contribution in [1.82, 2.24) is 4.98 Å². The molecule has 0 unspecified atom stereocenters. The van der Waals surface area contributed by atoms with E-state index < -0.39 is 10.9 Å². The molecule has 0 aliphatic heterocycles. The molecule has 1 heterocycles. The third-order valence-electron chi connectivity index (χ3n) is 2.23. The van der Waals surface area contributed by atoms with Gasteiger partial charge in [0.05, 0.1) is 6.61 Å². The van der Waals surface area contributed by atoms with Gasteiger partial charge < -0.3 is 15.0 Å². The van der Waals surface area contributed by atoms with Crippen molar-refractivity contribution in [3.05, 3.63) is 49.1 Å². The molecule has 0 aliphatic rings. The minimum absolute atomic E-state index is 0.0132. The Morgan fingerprint density at radius 3 is 2.71 bits per heavy atom. The Bertz CT molecular complexity index is 664. The lowest BCUT2D eigenvalue weighted by Crippen LogP contribution is -2.35. The van der Waals surface area contributed by atoms with Crippen LogP contribution in [0.4, 0.5) is 11.4 Å². The van der Waals surface area contributed by atoms with Gasteiger partial charge in [0.25, 0.3) is 16.4 Å². The molecule has 0 spiro atoms. The number of nitrogens with one attached hydrogen (secondary N) is 2. The van der Waals surface area contributed by atoms with Gasteiger partial charge in [0.2, 0.25) is 0 Å². The van der Waals surface area contributed by atoms with E-state index >= 15 is 0 Å². The van der Waals surface area contributed by atoms with E-state index in [1.165, 1.54) is 12.3 Å². The van der Waals surface area contributed by atoms with Crippen molar-refractivity contribution in [2.45, 2.75) is 6.92 Å². The van der Waals surface area contributed by atoms with Gasteiger partial charge in [-0.05, 0) is 19.1 Å². The highest BCUT2D eigenvalue weighted by Crippen LogP contribution is 2.20. The summed E-state index contributed by atoms with van der Waals surface area (Å²) in [5.74, 6) is -0.0132. The topological polar surface area (TPSA) is 88.3 Å². The number of hydrogen-bond acceptors (Lipinski definition) is 5. The third-order valence-corrected chi connectivity index (χ3v) is 2.23. The number of aromatic amines is 1. The number of ether oxygens (including phenoxy) is 1. The predicted molar refractivity (Wildman–Crippen MR) is 62.9 cm³/mol. The highest BCUT2D eigenvalue weighted by atomic mass is 16.5. The first-order valence-corrected chi connectivity index (χ1v) is 5.06. The Morgan fingerprint density at radius 2 is 2.06 bits per heavy atom. The molecule has 2 aromatic rings. The second kappa shape index (κ2) is 4.25. The Kier molecular flexibility index (Phi) is 2.78. The van der Waals surface area contributed by atoms with Crippen molar-refractivity contribution >= 4 is 11.4 Å². The first-order chi connectivity index (χ1) is 8.15. The molecule has 6 heteroatoms. The minimum atomic E-state index is -0.670. The summed E-state index contributed by atoms with van der Waals surface area (Å²) in [6, 6.07) is 3.11.